The maximum Gasteiger partial charge on any atom is 0.390 e. The Morgan fingerprint density at radius 2 is 1.89 bits per heavy atom. The highest BCUT2D eigenvalue weighted by atomic mass is 35.5. The molecule has 1 aromatic heterocycles. The second-order valence-corrected chi connectivity index (χ2v) is 4.34. The van der Waals surface area contributed by atoms with Crippen molar-refractivity contribution in [1.82, 2.24) is 4.98 Å². The molecule has 0 amide bonds. The fourth-order valence-corrected chi connectivity index (χ4v) is 2.01. The molecule has 0 saturated carbocycles. The molecule has 0 aliphatic carbocycles. The van der Waals surface area contributed by atoms with Gasteiger partial charge in [-0.1, -0.05) is 29.8 Å². The molecule has 0 aliphatic rings. The maximum absolute atomic E-state index is 12.3. The first kappa shape index (κ1) is 16.0. The van der Waals surface area contributed by atoms with E-state index in [1.807, 2.05) is 0 Å². The van der Waals surface area contributed by atoms with Crippen molar-refractivity contribution in [2.24, 2.45) is 5.73 Å². The lowest BCUT2D eigenvalue weighted by atomic mass is 10.0. The summed E-state index contributed by atoms with van der Waals surface area (Å²) in [4.78, 5) is 4.04. The van der Waals surface area contributed by atoms with Crippen LogP contribution in [0.4, 0.5) is 13.2 Å². The third-order valence-electron chi connectivity index (χ3n) is 2.56. The monoisotopic (exact) mass is 310 g/mol. The number of fused-ring (bicyclic) bond motifs is 1. The first-order chi connectivity index (χ1) is 8.37. The van der Waals surface area contributed by atoms with Gasteiger partial charge in [0, 0.05) is 17.0 Å². The fraction of sp³-hybridized carbons (Fsp3) is 0.250. The first-order valence-corrected chi connectivity index (χ1v) is 5.62. The molecule has 2 rings (SSSR count). The second kappa shape index (κ2) is 5.94. The van der Waals surface area contributed by atoms with E-state index in [0.29, 0.717) is 5.52 Å². The SMILES string of the molecule is Cl.N[C@@H](CC(F)(F)F)c1cc2ccccc2nc1Cl. The van der Waals surface area contributed by atoms with Crippen molar-refractivity contribution < 1.29 is 13.2 Å². The summed E-state index contributed by atoms with van der Waals surface area (Å²) >= 11 is 5.87. The summed E-state index contributed by atoms with van der Waals surface area (Å²) in [5.41, 5.74) is 6.37. The Bertz CT molecular complexity index is 572. The molecule has 0 saturated heterocycles. The van der Waals surface area contributed by atoms with E-state index < -0.39 is 18.6 Å². The molecule has 0 unspecified atom stereocenters. The second-order valence-electron chi connectivity index (χ2n) is 3.99. The van der Waals surface area contributed by atoms with Crippen molar-refractivity contribution in [3.63, 3.8) is 0 Å². The van der Waals surface area contributed by atoms with Crippen LogP contribution in [-0.4, -0.2) is 11.2 Å². The Kier molecular flexibility index (Phi) is 5.01. The summed E-state index contributed by atoms with van der Waals surface area (Å²) in [7, 11) is 0. The van der Waals surface area contributed by atoms with E-state index in [-0.39, 0.29) is 23.1 Å². The van der Waals surface area contributed by atoms with Gasteiger partial charge in [0.1, 0.15) is 5.15 Å². The van der Waals surface area contributed by atoms with Crippen molar-refractivity contribution in [1.29, 1.82) is 0 Å². The number of hydrogen-bond donors (Lipinski definition) is 1. The van der Waals surface area contributed by atoms with E-state index in [1.165, 1.54) is 0 Å². The minimum atomic E-state index is -4.33. The molecule has 1 aromatic carbocycles. The number of alkyl halides is 3. The molecule has 7 heteroatoms. The number of pyridine rings is 1. The highest BCUT2D eigenvalue weighted by molar-refractivity contribution is 6.30. The van der Waals surface area contributed by atoms with E-state index >= 15 is 0 Å². The van der Waals surface area contributed by atoms with Crippen LogP contribution >= 0.6 is 24.0 Å². The number of para-hydroxylation sites is 1. The third kappa shape index (κ3) is 3.96. The van der Waals surface area contributed by atoms with Gasteiger partial charge in [0.05, 0.1) is 11.9 Å². The highest BCUT2D eigenvalue weighted by Gasteiger charge is 2.32. The van der Waals surface area contributed by atoms with Crippen LogP contribution in [0.5, 0.6) is 0 Å². The van der Waals surface area contributed by atoms with E-state index in [9.17, 15) is 13.2 Å². The molecule has 0 spiro atoms. The van der Waals surface area contributed by atoms with E-state index in [0.717, 1.165) is 5.39 Å². The summed E-state index contributed by atoms with van der Waals surface area (Å²) in [6, 6.07) is 7.40. The summed E-state index contributed by atoms with van der Waals surface area (Å²) in [5, 5.41) is 0.736. The van der Waals surface area contributed by atoms with Crippen molar-refractivity contribution in [2.75, 3.05) is 0 Å². The number of nitrogens with zero attached hydrogens (tertiary/aromatic N) is 1. The molecular weight excluding hydrogens is 300 g/mol. The lowest BCUT2D eigenvalue weighted by Crippen LogP contribution is -2.20. The third-order valence-corrected chi connectivity index (χ3v) is 2.86. The van der Waals surface area contributed by atoms with Crippen molar-refractivity contribution in [3.8, 4) is 0 Å². The zero-order valence-electron chi connectivity index (χ0n) is 9.62. The number of aromatic nitrogens is 1. The molecule has 0 bridgehead atoms. The predicted molar refractivity (Wildman–Crippen MR) is 71.6 cm³/mol. The van der Waals surface area contributed by atoms with Crippen LogP contribution in [0.25, 0.3) is 10.9 Å². The number of hydrogen-bond acceptors (Lipinski definition) is 2. The summed E-state index contributed by atoms with van der Waals surface area (Å²) in [6.45, 7) is 0. The van der Waals surface area contributed by atoms with E-state index in [2.05, 4.69) is 4.98 Å². The van der Waals surface area contributed by atoms with Gasteiger partial charge in [-0.15, -0.1) is 12.4 Å². The highest BCUT2D eigenvalue weighted by Crippen LogP contribution is 2.32. The van der Waals surface area contributed by atoms with Gasteiger partial charge in [-0.05, 0) is 12.1 Å². The molecule has 0 fully saturated rings. The van der Waals surface area contributed by atoms with Gasteiger partial charge in [-0.25, -0.2) is 4.98 Å². The number of halogens is 5. The predicted octanol–water partition coefficient (Wildman–Crippen LogP) is 4.26. The standard InChI is InChI=1S/C12H10ClF3N2.ClH/c13-11-8(9(17)6-12(14,15)16)5-7-3-1-2-4-10(7)18-11;/h1-5,9H,6,17H2;1H/t9-;/m0./s1. The number of benzene rings is 1. The number of rotatable bonds is 2. The van der Waals surface area contributed by atoms with Gasteiger partial charge in [0.15, 0.2) is 0 Å². The first-order valence-electron chi connectivity index (χ1n) is 5.24. The molecule has 2 aromatic rings. The van der Waals surface area contributed by atoms with E-state index in [1.54, 1.807) is 30.3 Å². The van der Waals surface area contributed by atoms with Crippen LogP contribution in [0.2, 0.25) is 5.15 Å². The summed E-state index contributed by atoms with van der Waals surface area (Å²) < 4.78 is 36.9. The van der Waals surface area contributed by atoms with Gasteiger partial charge in [0.2, 0.25) is 0 Å². The van der Waals surface area contributed by atoms with Crippen LogP contribution in [0.15, 0.2) is 30.3 Å². The average Bonchev–Trinajstić information content (AvgIpc) is 2.25. The smallest absolute Gasteiger partial charge is 0.324 e. The molecule has 2 nitrogen and oxygen atoms in total. The molecule has 1 heterocycles. The van der Waals surface area contributed by atoms with Crippen LogP contribution in [0, 0.1) is 0 Å². The zero-order valence-corrected chi connectivity index (χ0v) is 11.2. The van der Waals surface area contributed by atoms with Crippen LogP contribution in [0.3, 0.4) is 0 Å². The van der Waals surface area contributed by atoms with Crippen molar-refractivity contribution in [3.05, 3.63) is 41.0 Å². The quantitative estimate of drug-likeness (QED) is 0.842. The van der Waals surface area contributed by atoms with Crippen LogP contribution < -0.4 is 5.73 Å². The molecule has 2 N–H and O–H groups in total. The van der Waals surface area contributed by atoms with Gasteiger partial charge in [-0.3, -0.25) is 0 Å². The minimum Gasteiger partial charge on any atom is -0.324 e. The van der Waals surface area contributed by atoms with Gasteiger partial charge >= 0.3 is 6.18 Å². The van der Waals surface area contributed by atoms with Gasteiger partial charge < -0.3 is 5.73 Å². The van der Waals surface area contributed by atoms with Crippen molar-refractivity contribution in [2.45, 2.75) is 18.6 Å². The topological polar surface area (TPSA) is 38.9 Å². The average molecular weight is 311 g/mol. The summed E-state index contributed by atoms with van der Waals surface area (Å²) in [6.07, 6.45) is -5.44. The van der Waals surface area contributed by atoms with Crippen molar-refractivity contribution >= 4 is 34.9 Å². The molecule has 0 radical (unpaired) electrons. The molecule has 0 aliphatic heterocycles. The summed E-state index contributed by atoms with van der Waals surface area (Å²) in [5.74, 6) is 0. The Morgan fingerprint density at radius 1 is 1.26 bits per heavy atom. The zero-order chi connectivity index (χ0) is 13.3. The Hall–Kier alpha value is -1.04. The lowest BCUT2D eigenvalue weighted by Gasteiger charge is -2.15. The fourth-order valence-electron chi connectivity index (χ4n) is 1.73. The van der Waals surface area contributed by atoms with Gasteiger partial charge in [-0.2, -0.15) is 13.2 Å². The number of nitrogens with two attached hydrogens (primary N) is 1. The van der Waals surface area contributed by atoms with Crippen LogP contribution in [0.1, 0.15) is 18.0 Å². The molecule has 19 heavy (non-hydrogen) atoms. The Balaban J connectivity index is 0.00000180. The Morgan fingerprint density at radius 3 is 2.53 bits per heavy atom. The van der Waals surface area contributed by atoms with E-state index in [4.69, 9.17) is 17.3 Å². The Labute approximate surface area is 119 Å². The molecule has 1 atom stereocenters. The van der Waals surface area contributed by atoms with Crippen LogP contribution in [-0.2, 0) is 0 Å². The molecular formula is C12H11Cl2F3N2. The minimum absolute atomic E-state index is 0. The lowest BCUT2D eigenvalue weighted by molar-refractivity contribution is -0.138. The normalized spacial score (nSPS) is 13.1. The largest absolute Gasteiger partial charge is 0.390 e. The molecule has 104 valence electrons. The maximum atomic E-state index is 12.3. The van der Waals surface area contributed by atoms with Gasteiger partial charge in [0.25, 0.3) is 0 Å².